The number of rotatable bonds is 6. The lowest BCUT2D eigenvalue weighted by atomic mass is 10.2. The second-order valence-corrected chi connectivity index (χ2v) is 4.21. The summed E-state index contributed by atoms with van der Waals surface area (Å²) in [4.78, 5) is 0. The smallest absolute Gasteiger partial charge is 0.0659 e. The molecule has 1 N–H and O–H groups in total. The molecule has 1 heterocycles. The molecule has 3 nitrogen and oxygen atoms in total. The molecule has 0 unspecified atom stereocenters. The molecule has 0 bridgehead atoms. The van der Waals surface area contributed by atoms with Crippen molar-refractivity contribution in [1.82, 2.24) is 15.1 Å². The lowest BCUT2D eigenvalue weighted by molar-refractivity contribution is 0.668. The molecule has 1 aromatic carbocycles. The SMILES string of the molecule is CCCNCc1cnn(Cc2ccccc2)c1. The summed E-state index contributed by atoms with van der Waals surface area (Å²) >= 11 is 0. The Morgan fingerprint density at radius 3 is 2.76 bits per heavy atom. The Labute approximate surface area is 102 Å². The van der Waals surface area contributed by atoms with Gasteiger partial charge in [-0.1, -0.05) is 37.3 Å². The average molecular weight is 229 g/mol. The highest BCUT2D eigenvalue weighted by Gasteiger charge is 1.98. The minimum atomic E-state index is 0.842. The van der Waals surface area contributed by atoms with Crippen molar-refractivity contribution in [2.24, 2.45) is 0 Å². The van der Waals surface area contributed by atoms with Crippen LogP contribution in [0.5, 0.6) is 0 Å². The van der Waals surface area contributed by atoms with Crippen molar-refractivity contribution in [2.45, 2.75) is 26.4 Å². The molecule has 0 amide bonds. The van der Waals surface area contributed by atoms with Gasteiger partial charge in [-0.25, -0.2) is 0 Å². The van der Waals surface area contributed by atoms with Gasteiger partial charge in [0.1, 0.15) is 0 Å². The summed E-state index contributed by atoms with van der Waals surface area (Å²) < 4.78 is 1.98. The summed E-state index contributed by atoms with van der Waals surface area (Å²) in [6.45, 7) is 4.98. The molecule has 1 aromatic heterocycles. The summed E-state index contributed by atoms with van der Waals surface area (Å²) in [5, 5.41) is 7.74. The normalized spacial score (nSPS) is 10.6. The number of nitrogens with zero attached hydrogens (tertiary/aromatic N) is 2. The van der Waals surface area contributed by atoms with E-state index < -0.39 is 0 Å². The van der Waals surface area contributed by atoms with Crippen molar-refractivity contribution >= 4 is 0 Å². The molecule has 0 aliphatic carbocycles. The highest BCUT2D eigenvalue weighted by atomic mass is 15.3. The molecule has 2 rings (SSSR count). The van der Waals surface area contributed by atoms with Gasteiger partial charge in [0.2, 0.25) is 0 Å². The minimum Gasteiger partial charge on any atom is -0.313 e. The van der Waals surface area contributed by atoms with Crippen molar-refractivity contribution < 1.29 is 0 Å². The quantitative estimate of drug-likeness (QED) is 0.771. The van der Waals surface area contributed by atoms with Crippen molar-refractivity contribution in [1.29, 1.82) is 0 Å². The Bertz CT molecular complexity index is 434. The molecule has 0 fully saturated rings. The lowest BCUT2D eigenvalue weighted by Crippen LogP contribution is -2.13. The summed E-state index contributed by atoms with van der Waals surface area (Å²) in [5.74, 6) is 0. The Balaban J connectivity index is 1.90. The second kappa shape index (κ2) is 6.21. The molecule has 3 heteroatoms. The Kier molecular flexibility index (Phi) is 4.33. The zero-order valence-electron chi connectivity index (χ0n) is 10.3. The molecule has 90 valence electrons. The summed E-state index contributed by atoms with van der Waals surface area (Å²) in [5.41, 5.74) is 2.53. The Morgan fingerprint density at radius 1 is 1.18 bits per heavy atom. The van der Waals surface area contributed by atoms with Gasteiger partial charge in [0.15, 0.2) is 0 Å². The highest BCUT2D eigenvalue weighted by molar-refractivity contribution is 5.15. The maximum absolute atomic E-state index is 4.37. The Hall–Kier alpha value is -1.61. The fraction of sp³-hybridized carbons (Fsp3) is 0.357. The van der Waals surface area contributed by atoms with Gasteiger partial charge in [-0.05, 0) is 18.5 Å². The van der Waals surface area contributed by atoms with E-state index in [1.54, 1.807) is 0 Å². The van der Waals surface area contributed by atoms with Gasteiger partial charge < -0.3 is 5.32 Å². The van der Waals surface area contributed by atoms with Crippen LogP contribution in [0.1, 0.15) is 24.5 Å². The van der Waals surface area contributed by atoms with Crippen LogP contribution in [-0.4, -0.2) is 16.3 Å². The number of hydrogen-bond donors (Lipinski definition) is 1. The van der Waals surface area contributed by atoms with Gasteiger partial charge in [0, 0.05) is 18.3 Å². The molecule has 0 saturated carbocycles. The van der Waals surface area contributed by atoms with E-state index in [2.05, 4.69) is 47.8 Å². The predicted molar refractivity (Wildman–Crippen MR) is 69.8 cm³/mol. The molecular weight excluding hydrogens is 210 g/mol. The third-order valence-corrected chi connectivity index (χ3v) is 2.63. The third kappa shape index (κ3) is 3.71. The lowest BCUT2D eigenvalue weighted by Gasteiger charge is -2.01. The van der Waals surface area contributed by atoms with E-state index in [0.717, 1.165) is 26.1 Å². The molecule has 0 radical (unpaired) electrons. The van der Waals surface area contributed by atoms with E-state index in [1.165, 1.54) is 11.1 Å². The first-order chi connectivity index (χ1) is 8.38. The van der Waals surface area contributed by atoms with Crippen molar-refractivity contribution in [2.75, 3.05) is 6.54 Å². The maximum Gasteiger partial charge on any atom is 0.0659 e. The summed E-state index contributed by atoms with van der Waals surface area (Å²) in [6, 6.07) is 10.4. The van der Waals surface area contributed by atoms with Crippen molar-refractivity contribution in [3.05, 3.63) is 53.9 Å². The van der Waals surface area contributed by atoms with Gasteiger partial charge in [0.05, 0.1) is 12.7 Å². The molecule has 0 aliphatic rings. The largest absolute Gasteiger partial charge is 0.313 e. The average Bonchev–Trinajstić information content (AvgIpc) is 2.79. The Morgan fingerprint density at radius 2 is 2.00 bits per heavy atom. The van der Waals surface area contributed by atoms with Crippen LogP contribution in [0.4, 0.5) is 0 Å². The van der Waals surface area contributed by atoms with E-state index in [1.807, 2.05) is 16.9 Å². The van der Waals surface area contributed by atoms with Gasteiger partial charge in [-0.3, -0.25) is 4.68 Å². The zero-order valence-corrected chi connectivity index (χ0v) is 10.3. The van der Waals surface area contributed by atoms with E-state index >= 15 is 0 Å². The first kappa shape index (κ1) is 11.9. The van der Waals surface area contributed by atoms with Gasteiger partial charge >= 0.3 is 0 Å². The zero-order chi connectivity index (χ0) is 11.9. The first-order valence-corrected chi connectivity index (χ1v) is 6.14. The molecular formula is C14H19N3. The van der Waals surface area contributed by atoms with Gasteiger partial charge in [0.25, 0.3) is 0 Å². The van der Waals surface area contributed by atoms with Crippen LogP contribution in [0, 0.1) is 0 Å². The van der Waals surface area contributed by atoms with Crippen LogP contribution < -0.4 is 5.32 Å². The number of aromatic nitrogens is 2. The molecule has 0 saturated heterocycles. The third-order valence-electron chi connectivity index (χ3n) is 2.63. The van der Waals surface area contributed by atoms with Crippen LogP contribution in [0.15, 0.2) is 42.7 Å². The number of hydrogen-bond acceptors (Lipinski definition) is 2. The fourth-order valence-electron chi connectivity index (χ4n) is 1.76. The van der Waals surface area contributed by atoms with Crippen LogP contribution in [0.3, 0.4) is 0 Å². The number of nitrogens with one attached hydrogen (secondary N) is 1. The van der Waals surface area contributed by atoms with Gasteiger partial charge in [-0.2, -0.15) is 5.10 Å². The van der Waals surface area contributed by atoms with Gasteiger partial charge in [-0.15, -0.1) is 0 Å². The van der Waals surface area contributed by atoms with Crippen LogP contribution in [-0.2, 0) is 13.1 Å². The summed E-state index contributed by atoms with van der Waals surface area (Å²) in [6.07, 6.45) is 5.21. The summed E-state index contributed by atoms with van der Waals surface area (Å²) in [7, 11) is 0. The van der Waals surface area contributed by atoms with Crippen molar-refractivity contribution in [3.8, 4) is 0 Å². The molecule has 2 aromatic rings. The van der Waals surface area contributed by atoms with Crippen LogP contribution >= 0.6 is 0 Å². The second-order valence-electron chi connectivity index (χ2n) is 4.21. The number of benzene rings is 1. The highest BCUT2D eigenvalue weighted by Crippen LogP contribution is 2.03. The van der Waals surface area contributed by atoms with E-state index in [-0.39, 0.29) is 0 Å². The topological polar surface area (TPSA) is 29.9 Å². The van der Waals surface area contributed by atoms with Crippen LogP contribution in [0.25, 0.3) is 0 Å². The molecule has 0 aliphatic heterocycles. The predicted octanol–water partition coefficient (Wildman–Crippen LogP) is 2.43. The first-order valence-electron chi connectivity index (χ1n) is 6.14. The molecule has 0 spiro atoms. The van der Waals surface area contributed by atoms with E-state index in [4.69, 9.17) is 0 Å². The van der Waals surface area contributed by atoms with Crippen molar-refractivity contribution in [3.63, 3.8) is 0 Å². The minimum absolute atomic E-state index is 0.842. The van der Waals surface area contributed by atoms with E-state index in [9.17, 15) is 0 Å². The monoisotopic (exact) mass is 229 g/mol. The molecule has 17 heavy (non-hydrogen) atoms. The maximum atomic E-state index is 4.37. The van der Waals surface area contributed by atoms with E-state index in [0.29, 0.717) is 0 Å². The fourth-order valence-corrected chi connectivity index (χ4v) is 1.76. The molecule has 0 atom stereocenters. The van der Waals surface area contributed by atoms with Crippen LogP contribution in [0.2, 0.25) is 0 Å². The standard InChI is InChI=1S/C14H19N3/c1-2-8-15-9-14-10-16-17(12-14)11-13-6-4-3-5-7-13/h3-7,10,12,15H,2,8-9,11H2,1H3.